The molecule has 0 heterocycles. The molecule has 0 fully saturated rings. The van der Waals surface area contributed by atoms with E-state index in [1.165, 1.54) is 0 Å². The summed E-state index contributed by atoms with van der Waals surface area (Å²) in [6.45, 7) is 0. The van der Waals surface area contributed by atoms with E-state index in [1.807, 2.05) is 36.4 Å². The highest BCUT2D eigenvalue weighted by molar-refractivity contribution is 7.54. The third-order valence-electron chi connectivity index (χ3n) is 3.59. The molecule has 0 aliphatic heterocycles. The van der Waals surface area contributed by atoms with Crippen LogP contribution in [0.3, 0.4) is 0 Å². The van der Waals surface area contributed by atoms with Gasteiger partial charge in [-0.1, -0.05) is 48.5 Å². The minimum Gasteiger partial charge on any atom is -0.508 e. The van der Waals surface area contributed by atoms with Gasteiger partial charge in [-0.25, -0.2) is 4.57 Å². The molecule has 0 aliphatic rings. The summed E-state index contributed by atoms with van der Waals surface area (Å²) in [6.07, 6.45) is 0.735. The number of phenolic OH excluding ortho intramolecular Hbond substituents is 1. The van der Waals surface area contributed by atoms with Crippen LogP contribution in [0.4, 0.5) is 0 Å². The highest BCUT2D eigenvalue weighted by Crippen LogP contribution is 2.48. The van der Waals surface area contributed by atoms with E-state index in [0.29, 0.717) is 17.9 Å². The SMILES string of the molecule is O=P(CCc1ccc(O)cc1)(Oc1ccccc1)Oc1ccccc1. The van der Waals surface area contributed by atoms with Gasteiger partial charge in [0, 0.05) is 0 Å². The summed E-state index contributed by atoms with van der Waals surface area (Å²) >= 11 is 0. The highest BCUT2D eigenvalue weighted by atomic mass is 31.2. The lowest BCUT2D eigenvalue weighted by Crippen LogP contribution is -2.07. The third kappa shape index (κ3) is 5.13. The Labute approximate surface area is 147 Å². The second kappa shape index (κ2) is 7.91. The van der Waals surface area contributed by atoms with Gasteiger partial charge in [0.25, 0.3) is 0 Å². The quantitative estimate of drug-likeness (QED) is 0.586. The fraction of sp³-hybridized carbons (Fsp3) is 0.100. The first-order valence-electron chi connectivity index (χ1n) is 7.99. The molecule has 3 aromatic rings. The van der Waals surface area contributed by atoms with Crippen LogP contribution in [0.1, 0.15) is 5.56 Å². The van der Waals surface area contributed by atoms with E-state index in [1.54, 1.807) is 48.5 Å². The van der Waals surface area contributed by atoms with Crippen LogP contribution in [0.25, 0.3) is 0 Å². The Balaban J connectivity index is 1.77. The van der Waals surface area contributed by atoms with E-state index >= 15 is 0 Å². The van der Waals surface area contributed by atoms with Gasteiger partial charge in [0.2, 0.25) is 0 Å². The summed E-state index contributed by atoms with van der Waals surface area (Å²) in [4.78, 5) is 0. The molecule has 0 spiro atoms. The first kappa shape index (κ1) is 17.1. The molecule has 0 radical (unpaired) electrons. The summed E-state index contributed by atoms with van der Waals surface area (Å²) in [7, 11) is -3.40. The van der Waals surface area contributed by atoms with Crippen molar-refractivity contribution in [3.05, 3.63) is 90.5 Å². The molecule has 0 aliphatic carbocycles. The molecule has 5 heteroatoms. The molecule has 0 amide bonds. The number of aryl methyl sites for hydroxylation is 1. The Kier molecular flexibility index (Phi) is 5.42. The Morgan fingerprint density at radius 1 is 0.720 bits per heavy atom. The molecule has 1 N–H and O–H groups in total. The van der Waals surface area contributed by atoms with Crippen LogP contribution in [0, 0.1) is 0 Å². The summed E-state index contributed by atoms with van der Waals surface area (Å²) < 4.78 is 24.8. The second-order valence-corrected chi connectivity index (χ2v) is 7.59. The Morgan fingerprint density at radius 3 is 1.68 bits per heavy atom. The van der Waals surface area contributed by atoms with E-state index in [4.69, 9.17) is 9.05 Å². The molecular formula is C20H19O4P. The zero-order valence-corrected chi connectivity index (χ0v) is 14.5. The topological polar surface area (TPSA) is 55.8 Å². The predicted octanol–water partition coefficient (Wildman–Crippen LogP) is 5.29. The van der Waals surface area contributed by atoms with E-state index in [-0.39, 0.29) is 11.9 Å². The smallest absolute Gasteiger partial charge is 0.431 e. The molecule has 4 nitrogen and oxygen atoms in total. The van der Waals surface area contributed by atoms with E-state index in [2.05, 4.69) is 0 Å². The molecule has 0 bridgehead atoms. The maximum atomic E-state index is 13.3. The van der Waals surface area contributed by atoms with Gasteiger partial charge in [0.15, 0.2) is 0 Å². The van der Waals surface area contributed by atoms with Gasteiger partial charge in [-0.3, -0.25) is 0 Å². The monoisotopic (exact) mass is 354 g/mol. The number of hydrogen-bond donors (Lipinski definition) is 1. The fourth-order valence-corrected chi connectivity index (χ4v) is 3.96. The lowest BCUT2D eigenvalue weighted by atomic mass is 10.2. The maximum Gasteiger partial charge on any atom is 0.431 e. The number of benzene rings is 3. The first-order valence-corrected chi connectivity index (χ1v) is 9.72. The molecule has 128 valence electrons. The summed E-state index contributed by atoms with van der Waals surface area (Å²) in [5.41, 5.74) is 0.950. The van der Waals surface area contributed by atoms with Crippen LogP contribution in [-0.4, -0.2) is 11.3 Å². The summed E-state index contributed by atoms with van der Waals surface area (Å²) in [5.74, 6) is 1.22. The zero-order chi connectivity index (χ0) is 17.5. The minimum atomic E-state index is -3.40. The lowest BCUT2D eigenvalue weighted by Gasteiger charge is -2.20. The highest BCUT2D eigenvalue weighted by Gasteiger charge is 2.28. The largest absolute Gasteiger partial charge is 0.508 e. The molecule has 0 saturated heterocycles. The number of rotatable bonds is 7. The Morgan fingerprint density at radius 2 is 1.20 bits per heavy atom. The number of aromatic hydroxyl groups is 1. The van der Waals surface area contributed by atoms with E-state index in [0.717, 1.165) is 5.56 Å². The van der Waals surface area contributed by atoms with Crippen LogP contribution in [0.2, 0.25) is 0 Å². The molecule has 0 unspecified atom stereocenters. The van der Waals surface area contributed by atoms with Crippen molar-refractivity contribution < 1.29 is 18.7 Å². The van der Waals surface area contributed by atoms with Gasteiger partial charge in [-0.05, 0) is 48.4 Å². The van der Waals surface area contributed by atoms with Gasteiger partial charge in [0.1, 0.15) is 17.2 Å². The zero-order valence-electron chi connectivity index (χ0n) is 13.6. The van der Waals surface area contributed by atoms with Crippen LogP contribution in [-0.2, 0) is 11.0 Å². The number of hydrogen-bond acceptors (Lipinski definition) is 4. The van der Waals surface area contributed by atoms with Crippen LogP contribution >= 0.6 is 7.60 Å². The van der Waals surface area contributed by atoms with Crippen molar-refractivity contribution in [2.45, 2.75) is 6.42 Å². The molecule has 3 aromatic carbocycles. The van der Waals surface area contributed by atoms with Crippen LogP contribution < -0.4 is 9.05 Å². The van der Waals surface area contributed by atoms with Crippen molar-refractivity contribution in [1.82, 2.24) is 0 Å². The van der Waals surface area contributed by atoms with Crippen LogP contribution in [0.5, 0.6) is 17.2 Å². The lowest BCUT2D eigenvalue weighted by molar-refractivity contribution is 0.385. The molecule has 25 heavy (non-hydrogen) atoms. The number of phenols is 1. The predicted molar refractivity (Wildman–Crippen MR) is 98.4 cm³/mol. The fourth-order valence-electron chi connectivity index (χ4n) is 2.32. The van der Waals surface area contributed by atoms with Crippen molar-refractivity contribution in [3.63, 3.8) is 0 Å². The molecule has 0 aromatic heterocycles. The van der Waals surface area contributed by atoms with E-state index < -0.39 is 7.60 Å². The third-order valence-corrected chi connectivity index (χ3v) is 5.34. The molecular weight excluding hydrogens is 335 g/mol. The molecule has 0 atom stereocenters. The maximum absolute atomic E-state index is 13.3. The van der Waals surface area contributed by atoms with Gasteiger partial charge in [0.05, 0.1) is 6.16 Å². The van der Waals surface area contributed by atoms with Crippen molar-refractivity contribution in [2.75, 3.05) is 6.16 Å². The van der Waals surface area contributed by atoms with Crippen molar-refractivity contribution >= 4 is 7.60 Å². The Bertz CT molecular complexity index is 787. The average molecular weight is 354 g/mol. The standard InChI is InChI=1S/C20H19O4P/c21-18-13-11-17(12-14-18)15-16-25(22,23-19-7-3-1-4-8-19)24-20-9-5-2-6-10-20/h1-14,21H,15-16H2. The van der Waals surface area contributed by atoms with Gasteiger partial charge >= 0.3 is 7.60 Å². The minimum absolute atomic E-state index is 0.202. The first-order chi connectivity index (χ1) is 12.1. The summed E-state index contributed by atoms with van der Waals surface area (Å²) in [5, 5.41) is 9.37. The normalized spacial score (nSPS) is 11.0. The number of para-hydroxylation sites is 2. The molecule has 3 rings (SSSR count). The van der Waals surface area contributed by atoms with Gasteiger partial charge < -0.3 is 14.2 Å². The van der Waals surface area contributed by atoms with E-state index in [9.17, 15) is 9.67 Å². The van der Waals surface area contributed by atoms with Crippen LogP contribution in [0.15, 0.2) is 84.9 Å². The van der Waals surface area contributed by atoms with Gasteiger partial charge in [-0.15, -0.1) is 0 Å². The average Bonchev–Trinajstić information content (AvgIpc) is 2.63. The van der Waals surface area contributed by atoms with Crippen molar-refractivity contribution in [3.8, 4) is 17.2 Å². The summed E-state index contributed by atoms with van der Waals surface area (Å²) in [6, 6.07) is 24.8. The van der Waals surface area contributed by atoms with Crippen molar-refractivity contribution in [2.24, 2.45) is 0 Å². The van der Waals surface area contributed by atoms with Gasteiger partial charge in [-0.2, -0.15) is 0 Å². The second-order valence-electron chi connectivity index (χ2n) is 5.56. The van der Waals surface area contributed by atoms with Crippen molar-refractivity contribution in [1.29, 1.82) is 0 Å². The Hall–Kier alpha value is -2.71. The molecule has 0 saturated carbocycles.